The van der Waals surface area contributed by atoms with Crippen LogP contribution in [0.4, 0.5) is 0 Å². The van der Waals surface area contributed by atoms with Gasteiger partial charge in [-0.1, -0.05) is 65.2 Å². The summed E-state index contributed by atoms with van der Waals surface area (Å²) in [5.41, 5.74) is 0. The van der Waals surface area contributed by atoms with Crippen LogP contribution < -0.4 is 5.32 Å². The molecule has 0 aliphatic heterocycles. The summed E-state index contributed by atoms with van der Waals surface area (Å²) in [5.74, 6) is 0. The molecular weight excluding hydrogens is 206 g/mol. The predicted octanol–water partition coefficient (Wildman–Crippen LogP) is 5.29. The van der Waals surface area contributed by atoms with Gasteiger partial charge in [0.05, 0.1) is 0 Å². The van der Waals surface area contributed by atoms with E-state index in [4.69, 9.17) is 0 Å². The zero-order chi connectivity index (χ0) is 12.9. The summed E-state index contributed by atoms with van der Waals surface area (Å²) >= 11 is 0. The van der Waals surface area contributed by atoms with E-state index in [2.05, 4.69) is 33.0 Å². The topological polar surface area (TPSA) is 12.0 Å². The number of hydrogen-bond acceptors (Lipinski definition) is 1. The van der Waals surface area contributed by atoms with Gasteiger partial charge in [-0.25, -0.2) is 0 Å². The maximum absolute atomic E-state index is 3.73. The maximum atomic E-state index is 3.73. The second kappa shape index (κ2) is 12.4. The average Bonchev–Trinajstić information content (AvgIpc) is 2.30. The minimum atomic E-state index is 0.702. The van der Waals surface area contributed by atoms with E-state index < -0.39 is 0 Å². The van der Waals surface area contributed by atoms with Crippen molar-refractivity contribution in [1.29, 1.82) is 0 Å². The summed E-state index contributed by atoms with van der Waals surface area (Å²) < 4.78 is 0. The summed E-state index contributed by atoms with van der Waals surface area (Å²) in [6.45, 7) is 9.24. The minimum absolute atomic E-state index is 0.702. The van der Waals surface area contributed by atoms with Crippen LogP contribution in [-0.2, 0) is 0 Å². The predicted molar refractivity (Wildman–Crippen MR) is 79.6 cm³/mol. The van der Waals surface area contributed by atoms with E-state index in [9.17, 15) is 0 Å². The lowest BCUT2D eigenvalue weighted by Gasteiger charge is -2.20. The molecule has 1 nitrogen and oxygen atoms in total. The Balaban J connectivity index is 3.35. The third-order valence-electron chi connectivity index (χ3n) is 3.55. The van der Waals surface area contributed by atoms with Gasteiger partial charge < -0.3 is 5.32 Å². The van der Waals surface area contributed by atoms with Gasteiger partial charge in [-0.15, -0.1) is 0 Å². The largest absolute Gasteiger partial charge is 0.312 e. The monoisotopic (exact) mass is 241 g/mol. The van der Waals surface area contributed by atoms with Gasteiger partial charge in [0.2, 0.25) is 0 Å². The first-order chi connectivity index (χ1) is 8.20. The van der Waals surface area contributed by atoms with Crippen molar-refractivity contribution in [3.05, 3.63) is 0 Å². The van der Waals surface area contributed by atoms with Gasteiger partial charge in [-0.05, 0) is 26.7 Å². The highest BCUT2D eigenvalue weighted by Gasteiger charge is 2.06. The Kier molecular flexibility index (Phi) is 12.4. The molecule has 0 heterocycles. The van der Waals surface area contributed by atoms with Gasteiger partial charge in [-0.2, -0.15) is 0 Å². The quantitative estimate of drug-likeness (QED) is 0.458. The van der Waals surface area contributed by atoms with Gasteiger partial charge in [0.25, 0.3) is 0 Å². The highest BCUT2D eigenvalue weighted by molar-refractivity contribution is 4.67. The molecule has 0 aromatic heterocycles. The van der Waals surface area contributed by atoms with Crippen LogP contribution in [0.15, 0.2) is 0 Å². The van der Waals surface area contributed by atoms with Crippen LogP contribution in [0.3, 0.4) is 0 Å². The smallest absolute Gasteiger partial charge is 0.00412 e. The number of nitrogens with one attached hydrogen (secondary N) is 1. The van der Waals surface area contributed by atoms with Crippen LogP contribution in [0, 0.1) is 0 Å². The van der Waals surface area contributed by atoms with Crippen molar-refractivity contribution in [2.45, 2.75) is 104 Å². The molecule has 0 bridgehead atoms. The van der Waals surface area contributed by atoms with Gasteiger partial charge in [-0.3, -0.25) is 0 Å². The normalized spacial score (nSPS) is 14.8. The van der Waals surface area contributed by atoms with Crippen LogP contribution in [0.1, 0.15) is 91.9 Å². The first-order valence-electron chi connectivity index (χ1n) is 7.96. The second-order valence-electron chi connectivity index (χ2n) is 5.67. The fourth-order valence-electron chi connectivity index (χ4n) is 2.41. The van der Waals surface area contributed by atoms with Gasteiger partial charge in [0.15, 0.2) is 0 Å². The molecule has 0 rings (SSSR count). The lowest BCUT2D eigenvalue weighted by atomic mass is 10.1. The summed E-state index contributed by atoms with van der Waals surface area (Å²) in [4.78, 5) is 0. The van der Waals surface area contributed by atoms with Crippen LogP contribution >= 0.6 is 0 Å². The van der Waals surface area contributed by atoms with Crippen LogP contribution in [0.2, 0.25) is 0 Å². The van der Waals surface area contributed by atoms with Gasteiger partial charge in [0.1, 0.15) is 0 Å². The molecule has 1 heteroatoms. The SMILES string of the molecule is CCCCCC[C@@H](C)N[C@H](C)CCCCCC. The van der Waals surface area contributed by atoms with E-state index in [1.165, 1.54) is 64.2 Å². The van der Waals surface area contributed by atoms with E-state index in [1.807, 2.05) is 0 Å². The van der Waals surface area contributed by atoms with Crippen molar-refractivity contribution < 1.29 is 0 Å². The molecule has 0 saturated heterocycles. The van der Waals surface area contributed by atoms with Crippen molar-refractivity contribution in [1.82, 2.24) is 5.32 Å². The van der Waals surface area contributed by atoms with Crippen molar-refractivity contribution in [2.24, 2.45) is 0 Å². The second-order valence-corrected chi connectivity index (χ2v) is 5.67. The average molecular weight is 241 g/mol. The fraction of sp³-hybridized carbons (Fsp3) is 1.00. The first-order valence-corrected chi connectivity index (χ1v) is 7.96. The molecule has 0 aliphatic rings. The van der Waals surface area contributed by atoms with E-state index in [0.717, 1.165) is 0 Å². The van der Waals surface area contributed by atoms with E-state index in [1.54, 1.807) is 0 Å². The van der Waals surface area contributed by atoms with Crippen molar-refractivity contribution in [2.75, 3.05) is 0 Å². The Hall–Kier alpha value is -0.0400. The highest BCUT2D eigenvalue weighted by Crippen LogP contribution is 2.09. The lowest BCUT2D eigenvalue weighted by molar-refractivity contribution is 0.404. The summed E-state index contributed by atoms with van der Waals surface area (Å²) in [6, 6.07) is 1.40. The Morgan fingerprint density at radius 2 is 1.06 bits per heavy atom. The van der Waals surface area contributed by atoms with E-state index >= 15 is 0 Å². The maximum Gasteiger partial charge on any atom is 0.00412 e. The molecule has 2 atom stereocenters. The van der Waals surface area contributed by atoms with Crippen LogP contribution in [0.5, 0.6) is 0 Å². The summed E-state index contributed by atoms with van der Waals surface area (Å²) in [7, 11) is 0. The molecular formula is C16H35N. The van der Waals surface area contributed by atoms with Crippen LogP contribution in [0.25, 0.3) is 0 Å². The third kappa shape index (κ3) is 12.2. The standard InChI is InChI=1S/C16H35N/c1-5-7-9-11-13-15(3)17-16(4)14-12-10-8-6-2/h15-17H,5-14H2,1-4H3/t15-,16-/m1/s1. The molecule has 0 radical (unpaired) electrons. The molecule has 0 aromatic carbocycles. The number of unbranched alkanes of at least 4 members (excludes halogenated alkanes) is 6. The molecule has 0 unspecified atom stereocenters. The third-order valence-corrected chi connectivity index (χ3v) is 3.55. The number of hydrogen-bond donors (Lipinski definition) is 1. The molecule has 0 saturated carbocycles. The summed E-state index contributed by atoms with van der Waals surface area (Å²) in [5, 5.41) is 3.73. The van der Waals surface area contributed by atoms with Crippen LogP contribution in [-0.4, -0.2) is 12.1 Å². The Morgan fingerprint density at radius 1 is 0.647 bits per heavy atom. The molecule has 0 aromatic rings. The molecule has 0 fully saturated rings. The van der Waals surface area contributed by atoms with Crippen molar-refractivity contribution >= 4 is 0 Å². The molecule has 0 spiro atoms. The van der Waals surface area contributed by atoms with Crippen molar-refractivity contribution in [3.63, 3.8) is 0 Å². The Bertz CT molecular complexity index is 128. The summed E-state index contributed by atoms with van der Waals surface area (Å²) in [6.07, 6.45) is 13.8. The Morgan fingerprint density at radius 3 is 1.41 bits per heavy atom. The first kappa shape index (κ1) is 17.0. The van der Waals surface area contributed by atoms with E-state index in [0.29, 0.717) is 12.1 Å². The zero-order valence-electron chi connectivity index (χ0n) is 12.7. The molecule has 0 amide bonds. The molecule has 104 valence electrons. The highest BCUT2D eigenvalue weighted by atomic mass is 14.9. The van der Waals surface area contributed by atoms with E-state index in [-0.39, 0.29) is 0 Å². The molecule has 0 aliphatic carbocycles. The molecule has 1 N–H and O–H groups in total. The molecule has 17 heavy (non-hydrogen) atoms. The van der Waals surface area contributed by atoms with Gasteiger partial charge >= 0.3 is 0 Å². The van der Waals surface area contributed by atoms with Crippen molar-refractivity contribution in [3.8, 4) is 0 Å². The Labute approximate surface area is 110 Å². The lowest BCUT2D eigenvalue weighted by Crippen LogP contribution is -2.34. The fourth-order valence-corrected chi connectivity index (χ4v) is 2.41. The zero-order valence-corrected chi connectivity index (χ0v) is 12.7. The van der Waals surface area contributed by atoms with Gasteiger partial charge in [0, 0.05) is 12.1 Å². The number of rotatable bonds is 12. The minimum Gasteiger partial charge on any atom is -0.312 e.